The first-order valence-corrected chi connectivity index (χ1v) is 7.93. The van der Waals surface area contributed by atoms with Crippen LogP contribution in [0, 0.1) is 5.82 Å². The van der Waals surface area contributed by atoms with Crippen LogP contribution in [0.4, 0.5) is 10.2 Å². The fraction of sp³-hybridized carbons (Fsp3) is 0.278. The van der Waals surface area contributed by atoms with E-state index in [4.69, 9.17) is 0 Å². The maximum atomic E-state index is 14.0. The first-order valence-electron chi connectivity index (χ1n) is 7.93. The zero-order chi connectivity index (χ0) is 15.6. The summed E-state index contributed by atoms with van der Waals surface area (Å²) in [4.78, 5) is 15.4. The van der Waals surface area contributed by atoms with Crippen LogP contribution in [0.15, 0.2) is 42.9 Å². The van der Waals surface area contributed by atoms with Gasteiger partial charge < -0.3 is 4.90 Å². The van der Waals surface area contributed by atoms with Gasteiger partial charge in [0.25, 0.3) is 0 Å². The highest BCUT2D eigenvalue weighted by Crippen LogP contribution is 2.29. The van der Waals surface area contributed by atoms with E-state index in [9.17, 15) is 4.39 Å². The molecule has 5 heteroatoms. The van der Waals surface area contributed by atoms with Gasteiger partial charge in [-0.3, -0.25) is 4.98 Å². The molecule has 0 radical (unpaired) electrons. The second-order valence-corrected chi connectivity index (χ2v) is 5.84. The molecule has 1 aliphatic rings. The second kappa shape index (κ2) is 5.91. The highest BCUT2D eigenvalue weighted by Gasteiger charge is 2.15. The molecule has 0 aliphatic carbocycles. The first-order chi connectivity index (χ1) is 11.3. The van der Waals surface area contributed by atoms with E-state index in [0.29, 0.717) is 11.3 Å². The summed E-state index contributed by atoms with van der Waals surface area (Å²) in [6.07, 6.45) is 6.91. The molecule has 23 heavy (non-hydrogen) atoms. The maximum Gasteiger partial charge on any atom is 0.132 e. The number of pyridine rings is 1. The van der Waals surface area contributed by atoms with Crippen molar-refractivity contribution in [3.8, 4) is 11.3 Å². The number of rotatable bonds is 2. The lowest BCUT2D eigenvalue weighted by Gasteiger charge is -2.27. The van der Waals surface area contributed by atoms with Gasteiger partial charge in [-0.25, -0.2) is 14.4 Å². The molecule has 4 rings (SSSR count). The second-order valence-electron chi connectivity index (χ2n) is 5.84. The molecule has 3 aromatic rings. The largest absolute Gasteiger partial charge is 0.357 e. The summed E-state index contributed by atoms with van der Waals surface area (Å²) in [7, 11) is 0. The average molecular weight is 308 g/mol. The van der Waals surface area contributed by atoms with Crippen LogP contribution in [0.25, 0.3) is 22.2 Å². The third-order valence-corrected chi connectivity index (χ3v) is 4.28. The van der Waals surface area contributed by atoms with E-state index in [1.165, 1.54) is 31.4 Å². The smallest absolute Gasteiger partial charge is 0.132 e. The van der Waals surface area contributed by atoms with Crippen molar-refractivity contribution < 1.29 is 4.39 Å². The molecule has 0 bridgehead atoms. The Bertz CT molecular complexity index is 843. The standard InChI is InChI=1S/C18H17FN4/c19-14-9-13-5-4-6-20-18(13)15(10-14)16-11-17(22-12-21-16)23-7-2-1-3-8-23/h4-6,9-12H,1-3,7-8H2. The number of hydrogen-bond donors (Lipinski definition) is 0. The molecule has 0 unspecified atom stereocenters. The number of hydrogen-bond acceptors (Lipinski definition) is 4. The van der Waals surface area contributed by atoms with Gasteiger partial charge in [-0.05, 0) is 37.5 Å². The molecule has 2 aromatic heterocycles. The van der Waals surface area contributed by atoms with Crippen LogP contribution in [-0.2, 0) is 0 Å². The summed E-state index contributed by atoms with van der Waals surface area (Å²) in [5, 5.41) is 0.778. The van der Waals surface area contributed by atoms with Crippen LogP contribution in [-0.4, -0.2) is 28.0 Å². The van der Waals surface area contributed by atoms with Crippen LogP contribution in [0.2, 0.25) is 0 Å². The Labute approximate surface area is 134 Å². The third-order valence-electron chi connectivity index (χ3n) is 4.28. The molecule has 1 fully saturated rings. The molecular formula is C18H17FN4. The fourth-order valence-corrected chi connectivity index (χ4v) is 3.14. The quantitative estimate of drug-likeness (QED) is 0.721. The van der Waals surface area contributed by atoms with E-state index >= 15 is 0 Å². The summed E-state index contributed by atoms with van der Waals surface area (Å²) >= 11 is 0. The molecule has 0 N–H and O–H groups in total. The van der Waals surface area contributed by atoms with Crippen LogP contribution < -0.4 is 4.90 Å². The third kappa shape index (κ3) is 2.74. The minimum atomic E-state index is -0.279. The van der Waals surface area contributed by atoms with Gasteiger partial charge in [0.1, 0.15) is 18.0 Å². The minimum Gasteiger partial charge on any atom is -0.357 e. The summed E-state index contributed by atoms with van der Waals surface area (Å²) < 4.78 is 14.0. The average Bonchev–Trinajstić information content (AvgIpc) is 2.62. The van der Waals surface area contributed by atoms with Gasteiger partial charge in [-0.1, -0.05) is 6.07 Å². The molecular weight excluding hydrogens is 291 g/mol. The number of piperidine rings is 1. The lowest BCUT2D eigenvalue weighted by atomic mass is 10.1. The number of fused-ring (bicyclic) bond motifs is 1. The number of benzene rings is 1. The van der Waals surface area contributed by atoms with Gasteiger partial charge in [0.15, 0.2) is 0 Å². The molecule has 0 spiro atoms. The molecule has 0 amide bonds. The lowest BCUT2D eigenvalue weighted by Crippen LogP contribution is -2.30. The summed E-state index contributed by atoms with van der Waals surface area (Å²) in [5.41, 5.74) is 2.18. The molecule has 1 aliphatic heterocycles. The maximum absolute atomic E-state index is 14.0. The van der Waals surface area contributed by atoms with Crippen LogP contribution >= 0.6 is 0 Å². The Balaban J connectivity index is 1.81. The van der Waals surface area contributed by atoms with Crippen LogP contribution in [0.3, 0.4) is 0 Å². The Morgan fingerprint density at radius 3 is 2.70 bits per heavy atom. The Hall–Kier alpha value is -2.56. The monoisotopic (exact) mass is 308 g/mol. The zero-order valence-electron chi connectivity index (χ0n) is 12.7. The molecule has 0 saturated carbocycles. The van der Waals surface area contributed by atoms with E-state index in [0.717, 1.165) is 29.8 Å². The van der Waals surface area contributed by atoms with Crippen molar-refractivity contribution >= 4 is 16.7 Å². The van der Waals surface area contributed by atoms with Gasteiger partial charge in [-0.15, -0.1) is 0 Å². The topological polar surface area (TPSA) is 41.9 Å². The van der Waals surface area contributed by atoms with E-state index in [2.05, 4.69) is 19.9 Å². The number of halogens is 1. The Kier molecular flexibility index (Phi) is 3.61. The lowest BCUT2D eigenvalue weighted by molar-refractivity contribution is 0.573. The molecule has 3 heterocycles. The summed E-state index contributed by atoms with van der Waals surface area (Å²) in [6.45, 7) is 2.03. The van der Waals surface area contributed by atoms with E-state index < -0.39 is 0 Å². The molecule has 116 valence electrons. The van der Waals surface area contributed by atoms with Crippen LogP contribution in [0.5, 0.6) is 0 Å². The first kappa shape index (κ1) is 14.1. The molecule has 1 saturated heterocycles. The highest BCUT2D eigenvalue weighted by atomic mass is 19.1. The minimum absolute atomic E-state index is 0.279. The molecule has 0 atom stereocenters. The van der Waals surface area contributed by atoms with E-state index in [1.54, 1.807) is 12.5 Å². The Morgan fingerprint density at radius 1 is 0.957 bits per heavy atom. The van der Waals surface area contributed by atoms with Gasteiger partial charge in [0.05, 0.1) is 11.2 Å². The van der Waals surface area contributed by atoms with Crippen molar-refractivity contribution in [2.45, 2.75) is 19.3 Å². The van der Waals surface area contributed by atoms with Gasteiger partial charge in [0, 0.05) is 36.3 Å². The van der Waals surface area contributed by atoms with Crippen molar-refractivity contribution in [2.24, 2.45) is 0 Å². The van der Waals surface area contributed by atoms with Gasteiger partial charge in [-0.2, -0.15) is 0 Å². The number of anilines is 1. The predicted molar refractivity (Wildman–Crippen MR) is 88.8 cm³/mol. The van der Waals surface area contributed by atoms with Crippen molar-refractivity contribution in [2.75, 3.05) is 18.0 Å². The zero-order valence-corrected chi connectivity index (χ0v) is 12.7. The van der Waals surface area contributed by atoms with Crippen molar-refractivity contribution in [3.63, 3.8) is 0 Å². The van der Waals surface area contributed by atoms with Gasteiger partial charge >= 0.3 is 0 Å². The predicted octanol–water partition coefficient (Wildman–Crippen LogP) is 3.82. The number of nitrogens with zero attached hydrogens (tertiary/aromatic N) is 4. The van der Waals surface area contributed by atoms with Crippen molar-refractivity contribution in [1.82, 2.24) is 15.0 Å². The van der Waals surface area contributed by atoms with Crippen LogP contribution in [0.1, 0.15) is 19.3 Å². The number of aromatic nitrogens is 3. The Morgan fingerprint density at radius 2 is 1.83 bits per heavy atom. The summed E-state index contributed by atoms with van der Waals surface area (Å²) in [5.74, 6) is 0.627. The molecule has 1 aromatic carbocycles. The molecule has 4 nitrogen and oxygen atoms in total. The van der Waals surface area contributed by atoms with Crippen molar-refractivity contribution in [3.05, 3.63) is 48.7 Å². The summed E-state index contributed by atoms with van der Waals surface area (Å²) in [6, 6.07) is 8.61. The normalized spacial score (nSPS) is 15.1. The fourth-order valence-electron chi connectivity index (χ4n) is 3.14. The van der Waals surface area contributed by atoms with E-state index in [-0.39, 0.29) is 5.82 Å². The van der Waals surface area contributed by atoms with Gasteiger partial charge in [0.2, 0.25) is 0 Å². The van der Waals surface area contributed by atoms with E-state index in [1.807, 2.05) is 18.2 Å². The SMILES string of the molecule is Fc1cc(-c2cc(N3CCCCC3)ncn2)c2ncccc2c1. The van der Waals surface area contributed by atoms with Crippen molar-refractivity contribution in [1.29, 1.82) is 0 Å². The highest BCUT2D eigenvalue weighted by molar-refractivity contribution is 5.92.